The van der Waals surface area contributed by atoms with Gasteiger partial charge in [-0.1, -0.05) is 29.3 Å². The molecule has 6 nitrogen and oxygen atoms in total. The molecule has 166 valence electrons. The highest BCUT2D eigenvalue weighted by Gasteiger charge is 2.39. The third-order valence-electron chi connectivity index (χ3n) is 5.58. The summed E-state index contributed by atoms with van der Waals surface area (Å²) in [6.07, 6.45) is 3.07. The van der Waals surface area contributed by atoms with Gasteiger partial charge in [-0.25, -0.2) is 9.29 Å². The molecule has 2 aliphatic heterocycles. The van der Waals surface area contributed by atoms with E-state index in [-0.39, 0.29) is 27.3 Å². The predicted molar refractivity (Wildman–Crippen MR) is 121 cm³/mol. The first-order valence-electron chi connectivity index (χ1n) is 10.2. The van der Waals surface area contributed by atoms with Crippen LogP contribution in [0.1, 0.15) is 35.2 Å². The summed E-state index contributed by atoms with van der Waals surface area (Å²) in [5.41, 5.74) is 1.72. The molecule has 1 saturated heterocycles. The van der Waals surface area contributed by atoms with Crippen molar-refractivity contribution in [2.75, 3.05) is 23.3 Å². The number of amides is 3. The fourth-order valence-electron chi connectivity index (χ4n) is 3.77. The van der Waals surface area contributed by atoms with Crippen molar-refractivity contribution in [2.24, 2.45) is 0 Å². The van der Waals surface area contributed by atoms with Gasteiger partial charge in [0, 0.05) is 24.3 Å². The quantitative estimate of drug-likeness (QED) is 0.641. The molecular weight excluding hydrogens is 456 g/mol. The Morgan fingerprint density at radius 2 is 1.72 bits per heavy atom. The highest BCUT2D eigenvalue weighted by molar-refractivity contribution is 6.53. The fraction of sp³-hybridized carbons (Fsp3) is 0.261. The molecular formula is C23H20Cl2FN3O3. The zero-order valence-corrected chi connectivity index (χ0v) is 18.8. The van der Waals surface area contributed by atoms with E-state index in [9.17, 15) is 18.8 Å². The number of carbonyl (C=O) groups excluding carboxylic acids is 3. The van der Waals surface area contributed by atoms with Gasteiger partial charge in [-0.15, -0.1) is 0 Å². The van der Waals surface area contributed by atoms with Crippen LogP contribution in [0.15, 0.2) is 47.1 Å². The standard InChI is InChI=1S/C23H20Cl2FN3O3/c1-13-5-6-14(21(30)28-9-3-2-4-10-28)11-18(13)27-20-19(25)22(31)29(23(20)32)15-7-8-17(26)16(24)12-15/h5-8,11-12,27H,2-4,9-10H2,1H3. The van der Waals surface area contributed by atoms with Crippen LogP contribution < -0.4 is 10.2 Å². The van der Waals surface area contributed by atoms with Gasteiger partial charge in [0.05, 0.1) is 10.7 Å². The number of piperidine rings is 1. The highest BCUT2D eigenvalue weighted by Crippen LogP contribution is 2.33. The van der Waals surface area contributed by atoms with Gasteiger partial charge in [-0.05, 0) is 62.1 Å². The smallest absolute Gasteiger partial charge is 0.283 e. The van der Waals surface area contributed by atoms with Crippen LogP contribution in [0.4, 0.5) is 15.8 Å². The van der Waals surface area contributed by atoms with Crippen molar-refractivity contribution in [1.29, 1.82) is 0 Å². The molecule has 2 aromatic carbocycles. The second kappa shape index (κ2) is 8.92. The van der Waals surface area contributed by atoms with Crippen LogP contribution >= 0.6 is 23.2 Å². The summed E-state index contributed by atoms with van der Waals surface area (Å²) in [4.78, 5) is 41.2. The van der Waals surface area contributed by atoms with E-state index in [4.69, 9.17) is 23.2 Å². The number of hydrogen-bond donors (Lipinski definition) is 1. The van der Waals surface area contributed by atoms with E-state index < -0.39 is 17.6 Å². The van der Waals surface area contributed by atoms with Gasteiger partial charge >= 0.3 is 0 Å². The molecule has 0 radical (unpaired) electrons. The zero-order valence-electron chi connectivity index (χ0n) is 17.3. The molecule has 2 aliphatic rings. The minimum Gasteiger partial charge on any atom is -0.349 e. The van der Waals surface area contributed by atoms with Crippen molar-refractivity contribution in [3.8, 4) is 0 Å². The summed E-state index contributed by atoms with van der Waals surface area (Å²) < 4.78 is 13.5. The predicted octanol–water partition coefficient (Wildman–Crippen LogP) is 4.85. The summed E-state index contributed by atoms with van der Waals surface area (Å²) in [6.45, 7) is 3.24. The third-order valence-corrected chi connectivity index (χ3v) is 6.22. The number of imide groups is 1. The average molecular weight is 476 g/mol. The lowest BCUT2D eigenvalue weighted by Gasteiger charge is -2.27. The number of benzene rings is 2. The van der Waals surface area contributed by atoms with Crippen molar-refractivity contribution >= 4 is 52.3 Å². The number of rotatable bonds is 4. The second-order valence-electron chi connectivity index (χ2n) is 7.74. The minimum absolute atomic E-state index is 0.0794. The van der Waals surface area contributed by atoms with Crippen molar-refractivity contribution < 1.29 is 18.8 Å². The monoisotopic (exact) mass is 475 g/mol. The molecule has 4 rings (SSSR count). The van der Waals surface area contributed by atoms with Gasteiger partial charge in [0.25, 0.3) is 17.7 Å². The molecule has 32 heavy (non-hydrogen) atoms. The molecule has 0 aliphatic carbocycles. The first-order valence-corrected chi connectivity index (χ1v) is 10.9. The summed E-state index contributed by atoms with van der Waals surface area (Å²) in [7, 11) is 0. The molecule has 2 heterocycles. The van der Waals surface area contributed by atoms with Crippen molar-refractivity contribution in [2.45, 2.75) is 26.2 Å². The lowest BCUT2D eigenvalue weighted by Crippen LogP contribution is -2.35. The number of hydrogen-bond acceptors (Lipinski definition) is 4. The molecule has 3 amide bonds. The normalized spacial score (nSPS) is 16.8. The van der Waals surface area contributed by atoms with E-state index in [1.807, 2.05) is 11.8 Å². The first kappa shape index (κ1) is 22.3. The maximum absolute atomic E-state index is 13.5. The molecule has 0 aromatic heterocycles. The number of carbonyl (C=O) groups is 3. The van der Waals surface area contributed by atoms with Crippen LogP contribution in [0.3, 0.4) is 0 Å². The minimum atomic E-state index is -0.750. The summed E-state index contributed by atoms with van der Waals surface area (Å²) in [5, 5.41) is 2.40. The zero-order chi connectivity index (χ0) is 23.0. The lowest BCUT2D eigenvalue weighted by molar-refractivity contribution is -0.120. The van der Waals surface area contributed by atoms with E-state index in [1.165, 1.54) is 12.1 Å². The van der Waals surface area contributed by atoms with Crippen molar-refractivity contribution in [3.05, 3.63) is 69.1 Å². The summed E-state index contributed by atoms with van der Waals surface area (Å²) in [6, 6.07) is 8.68. The van der Waals surface area contributed by atoms with Crippen LogP contribution in [-0.4, -0.2) is 35.7 Å². The highest BCUT2D eigenvalue weighted by atomic mass is 35.5. The molecule has 1 N–H and O–H groups in total. The first-order chi connectivity index (χ1) is 15.3. The Morgan fingerprint density at radius 3 is 2.41 bits per heavy atom. The number of nitrogens with zero attached hydrogens (tertiary/aromatic N) is 2. The maximum Gasteiger partial charge on any atom is 0.283 e. The van der Waals surface area contributed by atoms with Crippen LogP contribution in [0.25, 0.3) is 0 Å². The molecule has 1 fully saturated rings. The number of anilines is 2. The van der Waals surface area contributed by atoms with Crippen LogP contribution in [-0.2, 0) is 9.59 Å². The van der Waals surface area contributed by atoms with Gasteiger partial charge in [-0.3, -0.25) is 14.4 Å². The Kier molecular flexibility index (Phi) is 6.22. The fourth-order valence-corrected chi connectivity index (χ4v) is 4.16. The molecule has 0 saturated carbocycles. The Hall–Kier alpha value is -2.90. The topological polar surface area (TPSA) is 69.7 Å². The van der Waals surface area contributed by atoms with Gasteiger partial charge in [0.2, 0.25) is 0 Å². The van der Waals surface area contributed by atoms with E-state index >= 15 is 0 Å². The molecule has 0 unspecified atom stereocenters. The molecule has 0 bridgehead atoms. The Balaban J connectivity index is 1.60. The summed E-state index contributed by atoms with van der Waals surface area (Å²) >= 11 is 12.0. The number of likely N-dealkylation sites (tertiary alicyclic amines) is 1. The van der Waals surface area contributed by atoms with E-state index in [0.717, 1.165) is 35.8 Å². The van der Waals surface area contributed by atoms with Gasteiger partial charge in [-0.2, -0.15) is 0 Å². The van der Waals surface area contributed by atoms with Crippen molar-refractivity contribution in [3.63, 3.8) is 0 Å². The van der Waals surface area contributed by atoms with Gasteiger partial charge in [0.15, 0.2) is 0 Å². The number of halogens is 3. The number of aryl methyl sites for hydroxylation is 1. The lowest BCUT2D eigenvalue weighted by atomic mass is 10.1. The van der Waals surface area contributed by atoms with Crippen LogP contribution in [0.2, 0.25) is 5.02 Å². The van der Waals surface area contributed by atoms with Gasteiger partial charge < -0.3 is 10.2 Å². The van der Waals surface area contributed by atoms with Crippen LogP contribution in [0.5, 0.6) is 0 Å². The third kappa shape index (κ3) is 4.10. The van der Waals surface area contributed by atoms with E-state index in [1.54, 1.807) is 18.2 Å². The SMILES string of the molecule is Cc1ccc(C(=O)N2CCCCC2)cc1NC1=C(Cl)C(=O)N(c2ccc(F)c(Cl)c2)C1=O. The van der Waals surface area contributed by atoms with Gasteiger partial charge in [0.1, 0.15) is 16.5 Å². The second-order valence-corrected chi connectivity index (χ2v) is 8.53. The maximum atomic E-state index is 13.5. The van der Waals surface area contributed by atoms with Crippen LogP contribution in [0, 0.1) is 12.7 Å². The van der Waals surface area contributed by atoms with E-state index in [0.29, 0.717) is 24.3 Å². The summed E-state index contributed by atoms with van der Waals surface area (Å²) in [5.74, 6) is -2.20. The molecule has 9 heteroatoms. The molecule has 2 aromatic rings. The average Bonchev–Trinajstić information content (AvgIpc) is 3.00. The van der Waals surface area contributed by atoms with Crippen molar-refractivity contribution in [1.82, 2.24) is 4.90 Å². The Bertz CT molecular complexity index is 1160. The largest absolute Gasteiger partial charge is 0.349 e. The molecule has 0 atom stereocenters. The Morgan fingerprint density at radius 1 is 1.00 bits per heavy atom. The molecule has 0 spiro atoms. The Labute approximate surface area is 194 Å². The number of nitrogens with one attached hydrogen (secondary N) is 1. The van der Waals surface area contributed by atoms with E-state index in [2.05, 4.69) is 5.32 Å².